The average Bonchev–Trinajstić information content (AvgIpc) is 3.53. The largest absolute Gasteiger partial charge is 0.496 e. The summed E-state index contributed by atoms with van der Waals surface area (Å²) in [5.41, 5.74) is 15.5. The summed E-state index contributed by atoms with van der Waals surface area (Å²) >= 11 is 0. The highest BCUT2D eigenvalue weighted by Gasteiger charge is 2.33. The molecule has 2 fully saturated rings. The van der Waals surface area contributed by atoms with Crippen LogP contribution in [0.1, 0.15) is 47.2 Å². The minimum Gasteiger partial charge on any atom is -0.496 e. The van der Waals surface area contributed by atoms with E-state index in [0.717, 1.165) is 48.2 Å². The van der Waals surface area contributed by atoms with E-state index in [4.69, 9.17) is 16.2 Å². The molecule has 2 saturated heterocycles. The molecule has 196 valence electrons. The summed E-state index contributed by atoms with van der Waals surface area (Å²) in [7, 11) is 1.42. The maximum Gasteiger partial charge on any atom is 0.255 e. The molecule has 1 amide bonds. The van der Waals surface area contributed by atoms with Crippen LogP contribution in [0, 0.1) is 17.1 Å². The van der Waals surface area contributed by atoms with Crippen LogP contribution in [0.5, 0.6) is 5.75 Å². The van der Waals surface area contributed by atoms with Crippen molar-refractivity contribution in [1.82, 2.24) is 15.6 Å². The van der Waals surface area contributed by atoms with E-state index in [9.17, 15) is 14.4 Å². The summed E-state index contributed by atoms with van der Waals surface area (Å²) in [5.74, 6) is -0.562. The summed E-state index contributed by atoms with van der Waals surface area (Å²) in [6.45, 7) is 0.173. The Morgan fingerprint density at radius 1 is 1.18 bits per heavy atom. The zero-order valence-corrected chi connectivity index (χ0v) is 21.1. The normalized spacial score (nSPS) is 21.6. The molecule has 10 heteroatoms. The molecule has 2 bridgehead atoms. The molecule has 2 aliphatic rings. The van der Waals surface area contributed by atoms with E-state index in [1.807, 2.05) is 12.1 Å². The maximum absolute atomic E-state index is 13.7. The lowest BCUT2D eigenvalue weighted by molar-refractivity contribution is 0.0947. The van der Waals surface area contributed by atoms with Crippen LogP contribution in [-0.4, -0.2) is 42.0 Å². The maximum atomic E-state index is 13.7. The quantitative estimate of drug-likeness (QED) is 0.185. The van der Waals surface area contributed by atoms with Gasteiger partial charge in [0.15, 0.2) is 0 Å². The van der Waals surface area contributed by atoms with Crippen molar-refractivity contribution in [3.63, 3.8) is 0 Å². The molecule has 2 unspecified atom stereocenters. The third-order valence-corrected chi connectivity index (χ3v) is 7.35. The minimum absolute atomic E-state index is 0.0693. The van der Waals surface area contributed by atoms with E-state index in [2.05, 4.69) is 26.7 Å². The van der Waals surface area contributed by atoms with Gasteiger partial charge in [0, 0.05) is 35.8 Å². The molecule has 3 aromatic rings. The second-order valence-corrected chi connectivity index (χ2v) is 9.74. The number of hydrogen-bond donors (Lipinski definition) is 5. The Kier molecular flexibility index (Phi) is 7.03. The van der Waals surface area contributed by atoms with Crippen LogP contribution < -0.4 is 26.8 Å². The third-order valence-electron chi connectivity index (χ3n) is 7.35. The van der Waals surface area contributed by atoms with Gasteiger partial charge in [-0.1, -0.05) is 12.1 Å². The number of aromatic amines is 1. The Balaban J connectivity index is 1.39. The number of nitrogens with zero attached hydrogens (tertiary/aromatic N) is 2. The summed E-state index contributed by atoms with van der Waals surface area (Å²) < 4.78 is 18.9. The molecule has 7 N–H and O–H groups in total. The first-order chi connectivity index (χ1) is 18.4. The van der Waals surface area contributed by atoms with Crippen molar-refractivity contribution < 1.29 is 13.9 Å². The van der Waals surface area contributed by atoms with Crippen LogP contribution in [0.25, 0.3) is 16.6 Å². The van der Waals surface area contributed by atoms with Crippen molar-refractivity contribution in [2.75, 3.05) is 7.11 Å². The van der Waals surface area contributed by atoms with Gasteiger partial charge in [-0.05, 0) is 55.5 Å². The number of nitriles is 1. The summed E-state index contributed by atoms with van der Waals surface area (Å²) in [4.78, 5) is 20.6. The van der Waals surface area contributed by atoms with Gasteiger partial charge in [0.2, 0.25) is 0 Å². The molecule has 9 nitrogen and oxygen atoms in total. The molecule has 2 aliphatic heterocycles. The molecule has 38 heavy (non-hydrogen) atoms. The minimum atomic E-state index is -0.530. The number of aliphatic imine (C=N–C) groups is 1. The first-order valence-corrected chi connectivity index (χ1v) is 12.6. The van der Waals surface area contributed by atoms with Gasteiger partial charge in [-0.2, -0.15) is 5.26 Å². The van der Waals surface area contributed by atoms with Gasteiger partial charge in [0.25, 0.3) is 5.91 Å². The molecular formula is C28H30FN7O2. The van der Waals surface area contributed by atoms with Crippen molar-refractivity contribution in [3.8, 4) is 11.8 Å². The highest BCUT2D eigenvalue weighted by atomic mass is 19.1. The highest BCUT2D eigenvalue weighted by molar-refractivity contribution is 6.09. The average molecular weight is 516 g/mol. The summed E-state index contributed by atoms with van der Waals surface area (Å²) in [6.07, 6.45) is 5.86. The number of aromatic nitrogens is 1. The van der Waals surface area contributed by atoms with Crippen LogP contribution in [0.4, 0.5) is 4.39 Å². The number of hydrogen-bond acceptors (Lipinski definition) is 6. The molecule has 3 heterocycles. The number of carbonyl (C=O) groups is 1. The number of benzene rings is 2. The number of nitrogens with one attached hydrogen (secondary N) is 3. The fourth-order valence-corrected chi connectivity index (χ4v) is 5.51. The van der Waals surface area contributed by atoms with Gasteiger partial charge in [-0.15, -0.1) is 0 Å². The van der Waals surface area contributed by atoms with Crippen LogP contribution in [0.2, 0.25) is 0 Å². The van der Waals surface area contributed by atoms with Gasteiger partial charge in [0.05, 0.1) is 29.9 Å². The molecule has 0 radical (unpaired) electrons. The van der Waals surface area contributed by atoms with E-state index in [1.54, 1.807) is 12.3 Å². The van der Waals surface area contributed by atoms with Crippen molar-refractivity contribution >= 4 is 28.3 Å². The van der Waals surface area contributed by atoms with Gasteiger partial charge < -0.3 is 31.8 Å². The lowest BCUT2D eigenvalue weighted by Crippen LogP contribution is -2.40. The Hall–Kier alpha value is -4.36. The first kappa shape index (κ1) is 25.3. The zero-order chi connectivity index (χ0) is 26.8. The molecule has 0 saturated carbocycles. The number of methoxy groups -OCH3 is 1. The molecule has 2 atom stereocenters. The number of fused-ring (bicyclic) bond motifs is 3. The highest BCUT2D eigenvalue weighted by Crippen LogP contribution is 2.30. The fraction of sp³-hybridized carbons (Fsp3) is 0.321. The van der Waals surface area contributed by atoms with E-state index in [1.165, 1.54) is 19.2 Å². The number of amides is 1. The topological polar surface area (TPSA) is 154 Å². The Morgan fingerprint density at radius 2 is 1.95 bits per heavy atom. The van der Waals surface area contributed by atoms with Gasteiger partial charge in [-0.3, -0.25) is 9.79 Å². The molecule has 0 aliphatic carbocycles. The van der Waals surface area contributed by atoms with E-state index < -0.39 is 11.7 Å². The van der Waals surface area contributed by atoms with Crippen LogP contribution in [0.15, 0.2) is 53.2 Å². The SMILES string of the molecule is COc1ccc(F)cc1C(=O)NCc1ccc(/C(N)=C(\C#N)C(N)=NC2CC3CCC(C2)N3)c2cc[nH]c12. The monoisotopic (exact) mass is 515 g/mol. The second kappa shape index (κ2) is 10.6. The summed E-state index contributed by atoms with van der Waals surface area (Å²) in [6, 6.07) is 12.4. The third kappa shape index (κ3) is 4.93. The zero-order valence-electron chi connectivity index (χ0n) is 21.1. The second-order valence-electron chi connectivity index (χ2n) is 9.74. The Labute approximate surface area is 219 Å². The van der Waals surface area contributed by atoms with E-state index in [0.29, 0.717) is 17.6 Å². The lowest BCUT2D eigenvalue weighted by Gasteiger charge is -2.26. The Morgan fingerprint density at radius 3 is 2.66 bits per heavy atom. The number of H-pyrrole nitrogens is 1. The number of ether oxygens (including phenoxy) is 1. The van der Waals surface area contributed by atoms with Crippen molar-refractivity contribution in [1.29, 1.82) is 5.26 Å². The van der Waals surface area contributed by atoms with E-state index in [-0.39, 0.29) is 41.0 Å². The molecule has 5 rings (SSSR count). The van der Waals surface area contributed by atoms with Crippen molar-refractivity contribution in [3.05, 3.63) is 70.7 Å². The number of piperidine rings is 1. The van der Waals surface area contributed by atoms with Crippen LogP contribution in [-0.2, 0) is 6.54 Å². The van der Waals surface area contributed by atoms with E-state index >= 15 is 0 Å². The van der Waals surface area contributed by atoms with Gasteiger partial charge >= 0.3 is 0 Å². The smallest absolute Gasteiger partial charge is 0.255 e. The number of rotatable bonds is 7. The molecule has 0 spiro atoms. The molecule has 2 aromatic carbocycles. The van der Waals surface area contributed by atoms with Crippen molar-refractivity contribution in [2.24, 2.45) is 16.5 Å². The predicted molar refractivity (Wildman–Crippen MR) is 144 cm³/mol. The van der Waals surface area contributed by atoms with Crippen LogP contribution in [0.3, 0.4) is 0 Å². The first-order valence-electron chi connectivity index (χ1n) is 12.6. The van der Waals surface area contributed by atoms with Gasteiger partial charge in [0.1, 0.15) is 29.0 Å². The number of halogens is 1. The standard InChI is InChI=1S/C28H30FN7O2/c1-38-24-7-3-16(29)10-22(24)28(37)34-14-15-2-6-20(21-8-9-33-26(15)21)25(31)23(13-30)27(32)36-19-11-17-4-5-18(12-19)35-17/h2-3,6-10,17-19,33,35H,4-5,11-12,14,31H2,1H3,(H2,32,36)(H,34,37)/b25-23-. The predicted octanol–water partition coefficient (Wildman–Crippen LogP) is 3.08. The number of nitrogens with two attached hydrogens (primary N) is 2. The van der Waals surface area contributed by atoms with Crippen LogP contribution >= 0.6 is 0 Å². The van der Waals surface area contributed by atoms with Gasteiger partial charge in [-0.25, -0.2) is 4.39 Å². The number of amidine groups is 1. The molecule has 1 aromatic heterocycles. The van der Waals surface area contributed by atoms with Crippen molar-refractivity contribution in [2.45, 2.75) is 50.4 Å². The summed E-state index contributed by atoms with van der Waals surface area (Å²) in [5, 5.41) is 17.1. The Bertz CT molecular complexity index is 1470. The lowest BCUT2D eigenvalue weighted by atomic mass is 9.99. The fourth-order valence-electron chi connectivity index (χ4n) is 5.51. The number of carbonyl (C=O) groups excluding carboxylic acids is 1. The molecular weight excluding hydrogens is 485 g/mol.